The molecule has 0 aliphatic carbocycles. The van der Waals surface area contributed by atoms with Gasteiger partial charge in [-0.2, -0.15) is 0 Å². The lowest BCUT2D eigenvalue weighted by Gasteiger charge is -2.12. The largest absolute Gasteiger partial charge is 0.497 e. The van der Waals surface area contributed by atoms with Gasteiger partial charge in [0.15, 0.2) is 0 Å². The second-order valence-corrected chi connectivity index (χ2v) is 6.03. The van der Waals surface area contributed by atoms with Crippen LogP contribution in [0.25, 0.3) is 0 Å². The summed E-state index contributed by atoms with van der Waals surface area (Å²) in [5, 5.41) is 2.39. The first-order valence-electron chi connectivity index (χ1n) is 4.84. The molecule has 0 aliphatic rings. The molecule has 0 spiro atoms. The average Bonchev–Trinajstić information content (AvgIpc) is 2.74. The zero-order valence-corrected chi connectivity index (χ0v) is 12.8. The molecule has 0 amide bonds. The van der Waals surface area contributed by atoms with Gasteiger partial charge in [0.05, 0.1) is 17.5 Å². The highest BCUT2D eigenvalue weighted by atomic mass is 79.9. The summed E-state index contributed by atoms with van der Waals surface area (Å²) in [5.41, 5.74) is 0.983. The van der Waals surface area contributed by atoms with Crippen LogP contribution in [0.5, 0.6) is 5.75 Å². The summed E-state index contributed by atoms with van der Waals surface area (Å²) in [6.45, 7) is 0. The van der Waals surface area contributed by atoms with Gasteiger partial charge in [0.25, 0.3) is 0 Å². The fourth-order valence-corrected chi connectivity index (χ4v) is 3.86. The lowest BCUT2D eigenvalue weighted by atomic mass is 10.1. The first-order chi connectivity index (χ1) is 8.13. The number of ether oxygens (including phenoxy) is 1. The zero-order valence-electron chi connectivity index (χ0n) is 8.91. The molecular weight excluding hydrogens is 343 g/mol. The number of benzene rings is 1. The normalized spacial score (nSPS) is 12.5. The number of rotatable bonds is 3. The van der Waals surface area contributed by atoms with Crippen LogP contribution >= 0.6 is 50.5 Å². The summed E-state index contributed by atoms with van der Waals surface area (Å²) in [6, 6.07) is 7.58. The minimum atomic E-state index is -0.247. The highest BCUT2D eigenvalue weighted by Gasteiger charge is 2.18. The van der Waals surface area contributed by atoms with Crippen molar-refractivity contribution < 1.29 is 4.74 Å². The van der Waals surface area contributed by atoms with Crippen molar-refractivity contribution in [3.05, 3.63) is 49.6 Å². The van der Waals surface area contributed by atoms with Crippen LogP contribution in [0, 0.1) is 0 Å². The van der Waals surface area contributed by atoms with E-state index in [0.29, 0.717) is 5.02 Å². The lowest BCUT2D eigenvalue weighted by molar-refractivity contribution is 0.414. The van der Waals surface area contributed by atoms with Crippen LogP contribution in [-0.2, 0) is 0 Å². The van der Waals surface area contributed by atoms with Crippen molar-refractivity contribution in [1.82, 2.24) is 0 Å². The summed E-state index contributed by atoms with van der Waals surface area (Å²) in [5.74, 6) is 0.793. The maximum Gasteiger partial charge on any atom is 0.120 e. The van der Waals surface area contributed by atoms with E-state index in [1.165, 1.54) is 0 Å². The molecule has 1 nitrogen and oxygen atoms in total. The third kappa shape index (κ3) is 2.79. The minimum absolute atomic E-state index is 0.247. The van der Waals surface area contributed by atoms with Gasteiger partial charge < -0.3 is 4.74 Å². The predicted octanol–water partition coefficient (Wildman–Crippen LogP) is 5.50. The molecule has 5 heteroatoms. The summed E-state index contributed by atoms with van der Waals surface area (Å²) in [6.07, 6.45) is 0. The van der Waals surface area contributed by atoms with E-state index < -0.39 is 0 Å². The Kier molecular flexibility index (Phi) is 4.36. The van der Waals surface area contributed by atoms with E-state index in [4.69, 9.17) is 27.9 Å². The molecule has 0 saturated carbocycles. The molecule has 90 valence electrons. The fraction of sp³-hybridized carbons (Fsp3) is 0.167. The molecule has 0 fully saturated rings. The molecule has 1 heterocycles. The van der Waals surface area contributed by atoms with Crippen molar-refractivity contribution >= 4 is 50.5 Å². The predicted molar refractivity (Wildman–Crippen MR) is 77.7 cm³/mol. The number of hydrogen-bond acceptors (Lipinski definition) is 2. The Hall–Kier alpha value is -0.220. The van der Waals surface area contributed by atoms with Gasteiger partial charge in [0.1, 0.15) is 5.75 Å². The van der Waals surface area contributed by atoms with Crippen molar-refractivity contribution in [3.63, 3.8) is 0 Å². The molecule has 1 atom stereocenters. The number of methoxy groups -OCH3 is 1. The van der Waals surface area contributed by atoms with E-state index in [2.05, 4.69) is 15.9 Å². The van der Waals surface area contributed by atoms with Crippen LogP contribution in [0.2, 0.25) is 5.02 Å². The Labute approximate surface area is 122 Å². The molecule has 0 aliphatic heterocycles. The Bertz CT molecular complexity index is 527. The van der Waals surface area contributed by atoms with Gasteiger partial charge in [-0.3, -0.25) is 0 Å². The Morgan fingerprint density at radius 1 is 1.35 bits per heavy atom. The fourth-order valence-electron chi connectivity index (χ4n) is 1.47. The van der Waals surface area contributed by atoms with Crippen LogP contribution in [-0.4, -0.2) is 7.11 Å². The Morgan fingerprint density at radius 2 is 2.12 bits per heavy atom. The minimum Gasteiger partial charge on any atom is -0.497 e. The maximum atomic E-state index is 6.43. The zero-order chi connectivity index (χ0) is 12.4. The highest BCUT2D eigenvalue weighted by Crippen LogP contribution is 2.40. The molecule has 1 unspecified atom stereocenters. The van der Waals surface area contributed by atoms with E-state index >= 15 is 0 Å². The van der Waals surface area contributed by atoms with Gasteiger partial charge in [0.2, 0.25) is 0 Å². The molecule has 1 aromatic carbocycles. The number of hydrogen-bond donors (Lipinski definition) is 0. The molecule has 0 saturated heterocycles. The van der Waals surface area contributed by atoms with Crippen molar-refractivity contribution in [2.75, 3.05) is 7.11 Å². The average molecular weight is 352 g/mol. The van der Waals surface area contributed by atoms with Crippen molar-refractivity contribution in [3.8, 4) is 5.75 Å². The molecule has 0 N–H and O–H groups in total. The van der Waals surface area contributed by atoms with E-state index in [1.54, 1.807) is 18.4 Å². The van der Waals surface area contributed by atoms with E-state index in [9.17, 15) is 0 Å². The third-order valence-corrected chi connectivity index (χ3v) is 5.05. The summed E-state index contributed by atoms with van der Waals surface area (Å²) in [4.78, 5) is 0.958. The number of thiophene rings is 1. The van der Waals surface area contributed by atoms with E-state index in [-0.39, 0.29) is 5.38 Å². The summed E-state index contributed by atoms with van der Waals surface area (Å²) < 4.78 is 6.07. The lowest BCUT2D eigenvalue weighted by Crippen LogP contribution is -1.93. The topological polar surface area (TPSA) is 9.23 Å². The SMILES string of the molecule is COc1ccc(C(Cl)c2sccc2Cl)c(Br)c1. The molecule has 1 aromatic heterocycles. The first-order valence-corrected chi connectivity index (χ1v) is 7.32. The molecule has 17 heavy (non-hydrogen) atoms. The summed E-state index contributed by atoms with van der Waals surface area (Å²) >= 11 is 17.6. The molecule has 0 bridgehead atoms. The van der Waals surface area contributed by atoms with Crippen LogP contribution in [0.4, 0.5) is 0 Å². The van der Waals surface area contributed by atoms with Gasteiger partial charge in [-0.25, -0.2) is 0 Å². The third-order valence-electron chi connectivity index (χ3n) is 2.36. The molecule has 0 radical (unpaired) electrons. The van der Waals surface area contributed by atoms with Gasteiger partial charge >= 0.3 is 0 Å². The standard InChI is InChI=1S/C12H9BrCl2OS/c1-16-7-2-3-8(9(13)6-7)11(15)12-10(14)4-5-17-12/h2-6,11H,1H3. The van der Waals surface area contributed by atoms with Crippen LogP contribution < -0.4 is 4.74 Å². The van der Waals surface area contributed by atoms with Crippen LogP contribution in [0.3, 0.4) is 0 Å². The molecular formula is C12H9BrCl2OS. The monoisotopic (exact) mass is 350 g/mol. The highest BCUT2D eigenvalue weighted by molar-refractivity contribution is 9.10. The number of alkyl halides is 1. The Balaban J connectivity index is 2.38. The maximum absolute atomic E-state index is 6.43. The second-order valence-electron chi connectivity index (χ2n) is 3.38. The first kappa shape index (κ1) is 13.2. The van der Waals surface area contributed by atoms with Gasteiger partial charge in [-0.15, -0.1) is 22.9 Å². The van der Waals surface area contributed by atoms with Crippen molar-refractivity contribution in [1.29, 1.82) is 0 Å². The summed E-state index contributed by atoms with van der Waals surface area (Å²) in [7, 11) is 1.63. The second kappa shape index (κ2) is 5.61. The quantitative estimate of drug-likeness (QED) is 0.663. The van der Waals surface area contributed by atoms with E-state index in [1.807, 2.05) is 29.6 Å². The Morgan fingerprint density at radius 3 is 2.65 bits per heavy atom. The van der Waals surface area contributed by atoms with Gasteiger partial charge in [-0.1, -0.05) is 33.6 Å². The molecule has 2 aromatic rings. The van der Waals surface area contributed by atoms with E-state index in [0.717, 1.165) is 20.7 Å². The molecule has 2 rings (SSSR count). The van der Waals surface area contributed by atoms with Crippen LogP contribution in [0.1, 0.15) is 15.8 Å². The van der Waals surface area contributed by atoms with Crippen molar-refractivity contribution in [2.45, 2.75) is 5.38 Å². The van der Waals surface area contributed by atoms with Gasteiger partial charge in [0, 0.05) is 9.35 Å². The van der Waals surface area contributed by atoms with Crippen molar-refractivity contribution in [2.24, 2.45) is 0 Å². The van der Waals surface area contributed by atoms with Crippen LogP contribution in [0.15, 0.2) is 34.1 Å². The number of halogens is 3. The smallest absolute Gasteiger partial charge is 0.120 e. The van der Waals surface area contributed by atoms with Gasteiger partial charge in [-0.05, 0) is 29.1 Å².